The van der Waals surface area contributed by atoms with Gasteiger partial charge in [0.05, 0.1) is 5.70 Å². The van der Waals surface area contributed by atoms with Gasteiger partial charge >= 0.3 is 11.8 Å². The van der Waals surface area contributed by atoms with E-state index >= 15 is 0 Å². The molecule has 0 aliphatic heterocycles. The molecule has 0 radical (unpaired) electrons. The molecule has 3 rings (SSSR count). The third-order valence-electron chi connectivity index (χ3n) is 4.52. The number of pyridine rings is 2. The highest BCUT2D eigenvalue weighted by atomic mass is 16.2. The van der Waals surface area contributed by atoms with Crippen LogP contribution in [-0.2, 0) is 9.59 Å². The van der Waals surface area contributed by atoms with Crippen LogP contribution in [0.15, 0.2) is 59.7 Å². The van der Waals surface area contributed by atoms with Gasteiger partial charge in [0.25, 0.3) is 0 Å². The van der Waals surface area contributed by atoms with E-state index in [0.29, 0.717) is 12.2 Å². The van der Waals surface area contributed by atoms with Crippen LogP contribution in [0, 0.1) is 6.92 Å². The monoisotopic (exact) mass is 417 g/mol. The minimum Gasteiger partial charge on any atom is -0.403 e. The van der Waals surface area contributed by atoms with E-state index in [1.54, 1.807) is 24.7 Å². The lowest BCUT2D eigenvalue weighted by Crippen LogP contribution is -2.35. The molecular formula is C22H23N7O2. The summed E-state index contributed by atoms with van der Waals surface area (Å²) in [7, 11) is 0. The van der Waals surface area contributed by atoms with Crippen LogP contribution in [0.3, 0.4) is 0 Å². The Hall–Kier alpha value is -4.27. The Balaban J connectivity index is 1.85. The zero-order valence-electron chi connectivity index (χ0n) is 17.2. The number of allylic oxidation sites excluding steroid dienone is 1. The minimum absolute atomic E-state index is 0.215. The first kappa shape index (κ1) is 21.4. The number of aromatic nitrogens is 2. The average molecular weight is 417 g/mol. The Bertz CT molecular complexity index is 1200. The van der Waals surface area contributed by atoms with Gasteiger partial charge in [0.2, 0.25) is 0 Å². The van der Waals surface area contributed by atoms with Gasteiger partial charge in [-0.25, -0.2) is 4.98 Å². The first-order valence-electron chi connectivity index (χ1n) is 9.57. The number of hydrogen-bond acceptors (Lipinski definition) is 7. The number of nitrogens with one attached hydrogen (secondary N) is 2. The maximum atomic E-state index is 12.3. The Labute approximate surface area is 179 Å². The Kier molecular flexibility index (Phi) is 6.56. The summed E-state index contributed by atoms with van der Waals surface area (Å²) in [5.41, 5.74) is 15.3. The lowest BCUT2D eigenvalue weighted by atomic mass is 9.99. The largest absolute Gasteiger partial charge is 0.403 e. The standard InChI is InChI=1S/C22H23N7O2/c1-3-25-10-16(9-23)28-21(30)22(31)29-20-8-15-6-14(7-19(24)18(15)12-27-20)17-11-26-5-4-13(17)2/h4-12H,3,23-24H2,1-2H3,(H,28,30)(H,27,29,31). The number of amides is 2. The normalized spacial score (nSPS) is 11.6. The predicted octanol–water partition coefficient (Wildman–Crippen LogP) is 2.13. The molecule has 0 saturated heterocycles. The Morgan fingerprint density at radius 2 is 2.00 bits per heavy atom. The number of hydrogen-bond donors (Lipinski definition) is 4. The SMILES string of the molecule is CCN=CC(=CN)NC(=O)C(=O)Nc1cc2cc(-c3cnccc3C)cc(N)c2cn1. The van der Waals surface area contributed by atoms with Crippen molar-refractivity contribution in [3.05, 3.63) is 60.3 Å². The number of aryl methyl sites for hydroxylation is 1. The topological polar surface area (TPSA) is 148 Å². The number of nitrogen functional groups attached to an aromatic ring is 1. The summed E-state index contributed by atoms with van der Waals surface area (Å²) in [5, 5.41) is 6.37. The second-order valence-corrected chi connectivity index (χ2v) is 6.70. The van der Waals surface area contributed by atoms with Gasteiger partial charge in [0.15, 0.2) is 0 Å². The summed E-state index contributed by atoms with van der Waals surface area (Å²) in [4.78, 5) is 36.7. The molecule has 0 bridgehead atoms. The fourth-order valence-corrected chi connectivity index (χ4v) is 2.94. The van der Waals surface area contributed by atoms with Gasteiger partial charge in [0.1, 0.15) is 5.82 Å². The smallest absolute Gasteiger partial charge is 0.315 e. The van der Waals surface area contributed by atoms with Gasteiger partial charge in [0, 0.05) is 54.2 Å². The zero-order chi connectivity index (χ0) is 22.4. The summed E-state index contributed by atoms with van der Waals surface area (Å²) in [6.07, 6.45) is 7.59. The Morgan fingerprint density at radius 3 is 2.71 bits per heavy atom. The quantitative estimate of drug-likeness (QED) is 0.284. The van der Waals surface area contributed by atoms with Crippen molar-refractivity contribution >= 4 is 40.3 Å². The minimum atomic E-state index is -0.889. The van der Waals surface area contributed by atoms with Gasteiger partial charge in [-0.1, -0.05) is 0 Å². The molecule has 9 heteroatoms. The van der Waals surface area contributed by atoms with Crippen molar-refractivity contribution < 1.29 is 9.59 Å². The predicted molar refractivity (Wildman–Crippen MR) is 122 cm³/mol. The number of aliphatic imine (C=N–C) groups is 1. The summed E-state index contributed by atoms with van der Waals surface area (Å²) >= 11 is 0. The second-order valence-electron chi connectivity index (χ2n) is 6.70. The van der Waals surface area contributed by atoms with Gasteiger partial charge in [-0.2, -0.15) is 0 Å². The van der Waals surface area contributed by atoms with Crippen molar-refractivity contribution in [2.24, 2.45) is 10.7 Å². The molecule has 0 aliphatic rings. The lowest BCUT2D eigenvalue weighted by Gasteiger charge is -2.11. The van der Waals surface area contributed by atoms with Crippen molar-refractivity contribution in [1.82, 2.24) is 15.3 Å². The van der Waals surface area contributed by atoms with E-state index in [4.69, 9.17) is 11.5 Å². The summed E-state index contributed by atoms with van der Waals surface area (Å²) in [5.74, 6) is -1.56. The van der Waals surface area contributed by atoms with Crippen LogP contribution in [0.1, 0.15) is 12.5 Å². The molecule has 9 nitrogen and oxygen atoms in total. The molecule has 0 spiro atoms. The van der Waals surface area contributed by atoms with E-state index in [-0.39, 0.29) is 11.5 Å². The van der Waals surface area contributed by atoms with Gasteiger partial charge in [-0.05, 0) is 54.6 Å². The summed E-state index contributed by atoms with van der Waals surface area (Å²) < 4.78 is 0. The highest BCUT2D eigenvalue weighted by molar-refractivity contribution is 6.40. The first-order chi connectivity index (χ1) is 14.9. The van der Waals surface area contributed by atoms with E-state index in [0.717, 1.165) is 33.7 Å². The third kappa shape index (κ3) is 5.02. The molecule has 1 aromatic carbocycles. The van der Waals surface area contributed by atoms with Crippen molar-refractivity contribution in [3.8, 4) is 11.1 Å². The van der Waals surface area contributed by atoms with Crippen LogP contribution in [-0.4, -0.2) is 34.5 Å². The maximum absolute atomic E-state index is 12.3. The van der Waals surface area contributed by atoms with Crippen molar-refractivity contribution in [2.45, 2.75) is 13.8 Å². The van der Waals surface area contributed by atoms with E-state index in [1.165, 1.54) is 6.21 Å². The van der Waals surface area contributed by atoms with Crippen LogP contribution in [0.5, 0.6) is 0 Å². The number of carbonyl (C=O) groups is 2. The fourth-order valence-electron chi connectivity index (χ4n) is 2.94. The van der Waals surface area contributed by atoms with Crippen LogP contribution >= 0.6 is 0 Å². The number of carbonyl (C=O) groups excluding carboxylic acids is 2. The van der Waals surface area contributed by atoms with E-state index in [2.05, 4.69) is 25.6 Å². The van der Waals surface area contributed by atoms with Crippen molar-refractivity contribution in [2.75, 3.05) is 17.6 Å². The fraction of sp³-hybridized carbons (Fsp3) is 0.136. The van der Waals surface area contributed by atoms with Crippen LogP contribution in [0.25, 0.3) is 21.9 Å². The zero-order valence-corrected chi connectivity index (χ0v) is 17.2. The lowest BCUT2D eigenvalue weighted by molar-refractivity contribution is -0.135. The van der Waals surface area contributed by atoms with E-state index in [9.17, 15) is 9.59 Å². The molecule has 3 aromatic rings. The number of anilines is 2. The first-order valence-corrected chi connectivity index (χ1v) is 9.57. The molecule has 0 aliphatic carbocycles. The molecule has 6 N–H and O–H groups in total. The number of nitrogens with two attached hydrogens (primary N) is 2. The highest BCUT2D eigenvalue weighted by Gasteiger charge is 2.16. The molecule has 2 aromatic heterocycles. The van der Waals surface area contributed by atoms with E-state index < -0.39 is 11.8 Å². The van der Waals surface area contributed by atoms with Gasteiger partial charge in [-0.15, -0.1) is 0 Å². The maximum Gasteiger partial charge on any atom is 0.315 e. The summed E-state index contributed by atoms with van der Waals surface area (Å²) in [6, 6.07) is 7.37. The van der Waals surface area contributed by atoms with E-state index in [1.807, 2.05) is 32.0 Å². The van der Waals surface area contributed by atoms with Gasteiger partial charge < -0.3 is 22.1 Å². The Morgan fingerprint density at radius 1 is 1.19 bits per heavy atom. The number of nitrogens with zero attached hydrogens (tertiary/aromatic N) is 3. The molecule has 2 heterocycles. The average Bonchev–Trinajstić information content (AvgIpc) is 2.76. The number of benzene rings is 1. The van der Waals surface area contributed by atoms with Crippen molar-refractivity contribution in [3.63, 3.8) is 0 Å². The molecule has 158 valence electrons. The molecule has 2 amide bonds. The molecule has 0 unspecified atom stereocenters. The third-order valence-corrected chi connectivity index (χ3v) is 4.52. The van der Waals surface area contributed by atoms with Crippen LogP contribution in [0.4, 0.5) is 11.5 Å². The number of rotatable bonds is 5. The van der Waals surface area contributed by atoms with Crippen molar-refractivity contribution in [1.29, 1.82) is 0 Å². The molecule has 0 fully saturated rings. The van der Waals surface area contributed by atoms with Crippen LogP contribution < -0.4 is 22.1 Å². The molecule has 0 saturated carbocycles. The second kappa shape index (κ2) is 9.49. The van der Waals surface area contributed by atoms with Gasteiger partial charge in [-0.3, -0.25) is 19.6 Å². The summed E-state index contributed by atoms with van der Waals surface area (Å²) in [6.45, 7) is 4.34. The highest BCUT2D eigenvalue weighted by Crippen LogP contribution is 2.31. The molecule has 31 heavy (non-hydrogen) atoms. The number of fused-ring (bicyclic) bond motifs is 1. The van der Waals surface area contributed by atoms with Crippen LogP contribution in [0.2, 0.25) is 0 Å². The molecule has 0 atom stereocenters. The molecular weight excluding hydrogens is 394 g/mol.